The molecule has 1 aromatic carbocycles. The van der Waals surface area contributed by atoms with Gasteiger partial charge in [-0.2, -0.15) is 0 Å². The van der Waals surface area contributed by atoms with E-state index in [0.29, 0.717) is 5.78 Å². The average Bonchev–Trinajstić information content (AvgIpc) is 2.64. The number of hydrogen-bond acceptors (Lipinski definition) is 3. The summed E-state index contributed by atoms with van der Waals surface area (Å²) in [6.07, 6.45) is 1.66. The monoisotopic (exact) mass is 291 g/mol. The van der Waals surface area contributed by atoms with Crippen LogP contribution in [0, 0.1) is 0 Å². The molecule has 84 valence electrons. The minimum absolute atomic E-state index is 0.00753. The van der Waals surface area contributed by atoms with Crippen LogP contribution < -0.4 is 0 Å². The van der Waals surface area contributed by atoms with Crippen molar-refractivity contribution in [3.05, 3.63) is 40.6 Å². The van der Waals surface area contributed by atoms with Crippen molar-refractivity contribution in [2.24, 2.45) is 0 Å². The summed E-state index contributed by atoms with van der Waals surface area (Å²) >= 11 is 3.36. The molecule has 5 nitrogen and oxygen atoms in total. The Balaban J connectivity index is 2.38. The Labute approximate surface area is 104 Å². The van der Waals surface area contributed by atoms with Gasteiger partial charge in [0.1, 0.15) is 0 Å². The average molecular weight is 292 g/mol. The zero-order valence-electron chi connectivity index (χ0n) is 8.46. The highest BCUT2D eigenvalue weighted by molar-refractivity contribution is 9.10. The van der Waals surface area contributed by atoms with Gasteiger partial charge in [0, 0.05) is 10.7 Å². The molecule has 2 heterocycles. The van der Waals surface area contributed by atoms with Crippen molar-refractivity contribution in [3.63, 3.8) is 0 Å². The zero-order chi connectivity index (χ0) is 12.0. The molecule has 0 aliphatic heterocycles. The smallest absolute Gasteiger partial charge is 0.354 e. The van der Waals surface area contributed by atoms with E-state index in [1.807, 2.05) is 18.2 Å². The second-order valence-corrected chi connectivity index (χ2v) is 4.45. The molecule has 0 bridgehead atoms. The lowest BCUT2D eigenvalue weighted by atomic mass is 10.3. The third-order valence-corrected chi connectivity index (χ3v) is 2.95. The molecule has 0 unspecified atom stereocenters. The topological polar surface area (TPSA) is 67.5 Å². The molecule has 0 amide bonds. The third-order valence-electron chi connectivity index (χ3n) is 2.45. The largest absolute Gasteiger partial charge is 0.477 e. The Morgan fingerprint density at radius 3 is 2.88 bits per heavy atom. The number of imidazole rings is 1. The fourth-order valence-electron chi connectivity index (χ4n) is 1.69. The lowest BCUT2D eigenvalue weighted by Crippen LogP contribution is -2.01. The molecule has 0 fully saturated rings. The number of fused-ring (bicyclic) bond motifs is 3. The van der Waals surface area contributed by atoms with Crippen molar-refractivity contribution in [3.8, 4) is 0 Å². The number of aromatic carboxylic acids is 1. The number of nitrogens with zero attached hydrogens (tertiary/aromatic N) is 3. The van der Waals surface area contributed by atoms with Crippen LogP contribution in [0.1, 0.15) is 10.5 Å². The molecule has 0 radical (unpaired) electrons. The molecule has 0 atom stereocenters. The molecule has 17 heavy (non-hydrogen) atoms. The molecule has 0 saturated carbocycles. The lowest BCUT2D eigenvalue weighted by molar-refractivity contribution is 0.0690. The highest BCUT2D eigenvalue weighted by Crippen LogP contribution is 2.20. The summed E-state index contributed by atoms with van der Waals surface area (Å²) in [6.45, 7) is 0. The van der Waals surface area contributed by atoms with Gasteiger partial charge in [-0.05, 0) is 24.3 Å². The van der Waals surface area contributed by atoms with Gasteiger partial charge in [0.2, 0.25) is 5.78 Å². The number of aromatic nitrogens is 3. The van der Waals surface area contributed by atoms with Crippen molar-refractivity contribution in [2.75, 3.05) is 0 Å². The summed E-state index contributed by atoms with van der Waals surface area (Å²) in [7, 11) is 0. The van der Waals surface area contributed by atoms with Crippen molar-refractivity contribution >= 4 is 38.7 Å². The summed E-state index contributed by atoms with van der Waals surface area (Å²) in [4.78, 5) is 19.1. The van der Waals surface area contributed by atoms with E-state index < -0.39 is 5.97 Å². The van der Waals surface area contributed by atoms with E-state index >= 15 is 0 Å². The maximum absolute atomic E-state index is 10.8. The van der Waals surface area contributed by atoms with Gasteiger partial charge >= 0.3 is 5.97 Å². The first-order chi connectivity index (χ1) is 8.15. The van der Waals surface area contributed by atoms with E-state index in [0.717, 1.165) is 15.5 Å². The molecule has 1 N–H and O–H groups in total. The molecule has 0 aliphatic carbocycles. The van der Waals surface area contributed by atoms with Crippen LogP contribution in [0.2, 0.25) is 0 Å². The van der Waals surface area contributed by atoms with E-state index in [2.05, 4.69) is 25.9 Å². The normalized spacial score (nSPS) is 11.1. The molecular weight excluding hydrogens is 286 g/mol. The van der Waals surface area contributed by atoms with Crippen molar-refractivity contribution in [2.45, 2.75) is 0 Å². The number of carboxylic acids is 1. The minimum atomic E-state index is -1.05. The van der Waals surface area contributed by atoms with Crippen molar-refractivity contribution in [1.82, 2.24) is 14.4 Å². The van der Waals surface area contributed by atoms with E-state index in [-0.39, 0.29) is 5.69 Å². The highest BCUT2D eigenvalue weighted by Gasteiger charge is 2.09. The Morgan fingerprint density at radius 2 is 2.12 bits per heavy atom. The molecule has 3 aromatic rings. The van der Waals surface area contributed by atoms with Gasteiger partial charge in [-0.1, -0.05) is 15.9 Å². The van der Waals surface area contributed by atoms with Gasteiger partial charge in [0.15, 0.2) is 5.69 Å². The van der Waals surface area contributed by atoms with E-state index in [9.17, 15) is 4.79 Å². The molecule has 0 spiro atoms. The van der Waals surface area contributed by atoms with E-state index in [4.69, 9.17) is 5.11 Å². The standard InChI is InChI=1S/C11H6BrN3O2/c12-6-1-2-9-8(5-6)14-11-13-7(10(16)17)3-4-15(9)11/h1-5H,(H,16,17). The molecule has 2 aromatic heterocycles. The van der Waals surface area contributed by atoms with Crippen LogP contribution in [-0.2, 0) is 0 Å². The quantitative estimate of drug-likeness (QED) is 0.747. The summed E-state index contributed by atoms with van der Waals surface area (Å²) in [5.41, 5.74) is 1.66. The number of carboxylic acid groups (broad SMARTS) is 1. The number of rotatable bonds is 1. The second kappa shape index (κ2) is 3.53. The third kappa shape index (κ3) is 1.57. The number of carbonyl (C=O) groups is 1. The van der Waals surface area contributed by atoms with Gasteiger partial charge in [-0.15, -0.1) is 0 Å². The predicted molar refractivity (Wildman–Crippen MR) is 65.2 cm³/mol. The van der Waals surface area contributed by atoms with Crippen LogP contribution in [0.5, 0.6) is 0 Å². The van der Waals surface area contributed by atoms with Gasteiger partial charge in [-0.3, -0.25) is 4.40 Å². The summed E-state index contributed by atoms with van der Waals surface area (Å²) < 4.78 is 2.68. The molecule has 0 aliphatic rings. The fourth-order valence-corrected chi connectivity index (χ4v) is 2.04. The van der Waals surface area contributed by atoms with Gasteiger partial charge in [0.25, 0.3) is 0 Å². The second-order valence-electron chi connectivity index (χ2n) is 3.53. The molecular formula is C11H6BrN3O2. The zero-order valence-corrected chi connectivity index (χ0v) is 10.0. The predicted octanol–water partition coefficient (Wildman–Crippen LogP) is 2.34. The maximum atomic E-state index is 10.8. The fraction of sp³-hybridized carbons (Fsp3) is 0. The Bertz CT molecular complexity index is 751. The van der Waals surface area contributed by atoms with Crippen molar-refractivity contribution < 1.29 is 9.90 Å². The van der Waals surface area contributed by atoms with Gasteiger partial charge < -0.3 is 5.11 Å². The first kappa shape index (κ1) is 10.2. The van der Waals surface area contributed by atoms with E-state index in [1.165, 1.54) is 6.07 Å². The van der Waals surface area contributed by atoms with Crippen molar-refractivity contribution in [1.29, 1.82) is 0 Å². The Hall–Kier alpha value is -1.95. The van der Waals surface area contributed by atoms with E-state index in [1.54, 1.807) is 10.6 Å². The number of benzene rings is 1. The van der Waals surface area contributed by atoms with Crippen LogP contribution in [0.4, 0.5) is 0 Å². The van der Waals surface area contributed by atoms with Crippen LogP contribution in [0.15, 0.2) is 34.9 Å². The molecule has 0 saturated heterocycles. The minimum Gasteiger partial charge on any atom is -0.477 e. The Morgan fingerprint density at radius 1 is 1.29 bits per heavy atom. The summed E-state index contributed by atoms with van der Waals surface area (Å²) in [5, 5.41) is 8.86. The highest BCUT2D eigenvalue weighted by atomic mass is 79.9. The van der Waals surface area contributed by atoms with Crippen LogP contribution in [0.3, 0.4) is 0 Å². The summed E-state index contributed by atoms with van der Waals surface area (Å²) in [5.74, 6) is -0.668. The first-order valence-electron chi connectivity index (χ1n) is 4.83. The van der Waals surface area contributed by atoms with Crippen LogP contribution in [0.25, 0.3) is 16.8 Å². The SMILES string of the molecule is O=C(O)c1ccn2c(n1)nc1cc(Br)ccc12. The Kier molecular flexibility index (Phi) is 2.12. The lowest BCUT2D eigenvalue weighted by Gasteiger charge is -1.96. The maximum Gasteiger partial charge on any atom is 0.354 e. The number of hydrogen-bond donors (Lipinski definition) is 1. The summed E-state index contributed by atoms with van der Waals surface area (Å²) in [6, 6.07) is 7.13. The molecule has 6 heteroatoms. The van der Waals surface area contributed by atoms with Gasteiger partial charge in [-0.25, -0.2) is 14.8 Å². The van der Waals surface area contributed by atoms with Crippen LogP contribution >= 0.6 is 15.9 Å². The van der Waals surface area contributed by atoms with Crippen LogP contribution in [-0.4, -0.2) is 25.4 Å². The number of halogens is 1. The molecule has 3 rings (SSSR count). The first-order valence-corrected chi connectivity index (χ1v) is 5.62. The van der Waals surface area contributed by atoms with Gasteiger partial charge in [0.05, 0.1) is 11.0 Å².